The Morgan fingerprint density at radius 3 is 2.61 bits per heavy atom. The van der Waals surface area contributed by atoms with E-state index in [-0.39, 0.29) is 40.6 Å². The Morgan fingerprint density at radius 2 is 1.87 bits per heavy atom. The van der Waals surface area contributed by atoms with E-state index in [1.54, 1.807) is 0 Å². The number of aromatic carboxylic acids is 1. The van der Waals surface area contributed by atoms with Crippen LogP contribution in [0.5, 0.6) is 0 Å². The summed E-state index contributed by atoms with van der Waals surface area (Å²) < 4.78 is 28.7. The number of rotatable bonds is 6. The molecule has 2 heterocycles. The van der Waals surface area contributed by atoms with Gasteiger partial charge < -0.3 is 20.8 Å². The van der Waals surface area contributed by atoms with Crippen LogP contribution < -0.4 is 10.6 Å². The average molecular weight is 542 g/mol. The Morgan fingerprint density at radius 1 is 1.08 bits per heavy atom. The number of aromatic nitrogens is 3. The summed E-state index contributed by atoms with van der Waals surface area (Å²) >= 11 is 5.78. The van der Waals surface area contributed by atoms with Gasteiger partial charge in [-0.05, 0) is 41.0 Å². The highest BCUT2D eigenvalue weighted by atomic mass is 35.5. The number of carboxylic acid groups (broad SMARTS) is 1. The molecule has 1 aliphatic carbocycles. The maximum Gasteiger partial charge on any atom is 0.335 e. The van der Waals surface area contributed by atoms with Crippen LogP contribution in [0, 0.1) is 11.6 Å². The van der Waals surface area contributed by atoms with E-state index in [1.165, 1.54) is 30.3 Å². The summed E-state index contributed by atoms with van der Waals surface area (Å²) in [6.07, 6.45) is -0.0808. The molecule has 2 atom stereocenters. The average Bonchev–Trinajstić information content (AvgIpc) is 3.42. The second kappa shape index (κ2) is 9.80. The first kappa shape index (κ1) is 25.2. The van der Waals surface area contributed by atoms with Crippen LogP contribution in [-0.4, -0.2) is 48.7 Å². The van der Waals surface area contributed by atoms with E-state index in [0.29, 0.717) is 16.7 Å². The fraction of sp³-hybridized carbons (Fsp3) is 0.160. The molecule has 0 saturated carbocycles. The lowest BCUT2D eigenvalue weighted by molar-refractivity contribution is 0.0696. The predicted molar refractivity (Wildman–Crippen MR) is 129 cm³/mol. The summed E-state index contributed by atoms with van der Waals surface area (Å²) in [5, 5.41) is 28.6. The lowest BCUT2D eigenvalue weighted by Crippen LogP contribution is -2.35. The molecule has 0 bridgehead atoms. The number of hydrogen-bond donors (Lipinski definition) is 4. The van der Waals surface area contributed by atoms with E-state index in [0.717, 1.165) is 22.8 Å². The Hall–Kier alpha value is -4.42. The van der Waals surface area contributed by atoms with E-state index < -0.39 is 41.6 Å². The SMILES string of the molecule is O=C(O)c1ccc2c(c1)C[C@@H](O)[C@@H]2NC(=O)c1cc(C(=O)NCc2ccc(F)c(Cl)c2)n2ncc(F)c2n1. The van der Waals surface area contributed by atoms with Crippen molar-refractivity contribution in [1.82, 2.24) is 25.2 Å². The van der Waals surface area contributed by atoms with Crippen molar-refractivity contribution in [3.05, 3.63) is 99.0 Å². The highest BCUT2D eigenvalue weighted by molar-refractivity contribution is 6.30. The fourth-order valence-corrected chi connectivity index (χ4v) is 4.50. The summed E-state index contributed by atoms with van der Waals surface area (Å²) in [6, 6.07) is 8.46. The summed E-state index contributed by atoms with van der Waals surface area (Å²) in [5.74, 6) is -4.12. The van der Waals surface area contributed by atoms with Crippen molar-refractivity contribution in [3.63, 3.8) is 0 Å². The molecule has 10 nitrogen and oxygen atoms in total. The monoisotopic (exact) mass is 541 g/mol. The van der Waals surface area contributed by atoms with Crippen LogP contribution in [0.3, 0.4) is 0 Å². The molecule has 1 aliphatic rings. The first-order chi connectivity index (χ1) is 18.1. The molecule has 0 fully saturated rings. The summed E-state index contributed by atoms with van der Waals surface area (Å²) in [5.41, 5.74) is 0.762. The van der Waals surface area contributed by atoms with Crippen molar-refractivity contribution in [2.75, 3.05) is 0 Å². The van der Waals surface area contributed by atoms with Crippen molar-refractivity contribution in [3.8, 4) is 0 Å². The molecule has 0 aliphatic heterocycles. The number of carbonyl (C=O) groups is 3. The van der Waals surface area contributed by atoms with Crippen LogP contribution in [0.25, 0.3) is 5.65 Å². The maximum atomic E-state index is 14.4. The zero-order valence-electron chi connectivity index (χ0n) is 19.3. The van der Waals surface area contributed by atoms with Crippen molar-refractivity contribution in [2.24, 2.45) is 0 Å². The lowest BCUT2D eigenvalue weighted by atomic mass is 10.0. The fourth-order valence-electron chi connectivity index (χ4n) is 4.30. The third-order valence-corrected chi connectivity index (χ3v) is 6.45. The van der Waals surface area contributed by atoms with Gasteiger partial charge in [-0.25, -0.2) is 23.1 Å². The Labute approximate surface area is 217 Å². The first-order valence-electron chi connectivity index (χ1n) is 11.2. The van der Waals surface area contributed by atoms with Crippen LogP contribution >= 0.6 is 11.6 Å². The second-order valence-corrected chi connectivity index (χ2v) is 9.03. The standard InChI is InChI=1S/C25H18ClF2N5O5/c26-15-5-11(1-4-16(15)27)9-29-24(36)19-8-18(31-22-17(28)10-30-33(19)22)23(35)32-21-14-3-2-12(25(37)38)6-13(14)7-20(21)34/h1-6,8,10,20-21,34H,7,9H2,(H,29,36)(H,32,35)(H,37,38)/t20-,21-/m1/s1. The van der Waals surface area contributed by atoms with E-state index in [1.807, 2.05) is 0 Å². The second-order valence-electron chi connectivity index (χ2n) is 8.63. The molecule has 13 heteroatoms. The van der Waals surface area contributed by atoms with Crippen molar-refractivity contribution in [2.45, 2.75) is 25.1 Å². The number of aliphatic hydroxyl groups excluding tert-OH is 1. The molecule has 2 aromatic carbocycles. The minimum absolute atomic E-state index is 0.0443. The largest absolute Gasteiger partial charge is 0.478 e. The van der Waals surface area contributed by atoms with E-state index >= 15 is 0 Å². The zero-order chi connectivity index (χ0) is 27.1. The van der Waals surface area contributed by atoms with E-state index in [9.17, 15) is 33.4 Å². The third-order valence-electron chi connectivity index (χ3n) is 6.16. The summed E-state index contributed by atoms with van der Waals surface area (Å²) in [4.78, 5) is 41.3. The van der Waals surface area contributed by atoms with Gasteiger partial charge in [-0.1, -0.05) is 23.7 Å². The van der Waals surface area contributed by atoms with E-state index in [4.69, 9.17) is 11.6 Å². The topological polar surface area (TPSA) is 146 Å². The normalized spacial score (nSPS) is 16.3. The number of hydrogen-bond acceptors (Lipinski definition) is 6. The Kier molecular flexibility index (Phi) is 6.51. The number of fused-ring (bicyclic) bond motifs is 2. The van der Waals surface area contributed by atoms with Gasteiger partial charge in [0.1, 0.15) is 17.2 Å². The highest BCUT2D eigenvalue weighted by Crippen LogP contribution is 2.32. The molecule has 0 radical (unpaired) electrons. The van der Waals surface area contributed by atoms with Crippen LogP contribution in [0.4, 0.5) is 8.78 Å². The Bertz CT molecular complexity index is 1630. The summed E-state index contributed by atoms with van der Waals surface area (Å²) in [7, 11) is 0. The number of amides is 2. The van der Waals surface area contributed by atoms with Gasteiger partial charge in [0.2, 0.25) is 0 Å². The maximum absolute atomic E-state index is 14.4. The number of nitrogens with zero attached hydrogens (tertiary/aromatic N) is 3. The molecule has 2 aromatic heterocycles. The molecular formula is C25H18ClF2N5O5. The first-order valence-corrected chi connectivity index (χ1v) is 11.6. The van der Waals surface area contributed by atoms with Gasteiger partial charge in [-0.15, -0.1) is 0 Å². The number of halogens is 3. The smallest absolute Gasteiger partial charge is 0.335 e. The van der Waals surface area contributed by atoms with Gasteiger partial charge in [0.05, 0.1) is 28.9 Å². The third kappa shape index (κ3) is 4.66. The van der Waals surface area contributed by atoms with Gasteiger partial charge in [0.15, 0.2) is 11.5 Å². The van der Waals surface area contributed by atoms with Crippen molar-refractivity contribution < 1.29 is 33.4 Å². The van der Waals surface area contributed by atoms with Gasteiger partial charge >= 0.3 is 5.97 Å². The van der Waals surface area contributed by atoms with Gasteiger partial charge in [0, 0.05) is 19.0 Å². The molecule has 4 aromatic rings. The molecule has 0 saturated heterocycles. The predicted octanol–water partition coefficient (Wildman–Crippen LogP) is 2.68. The number of carboxylic acids is 1. The number of benzene rings is 2. The number of carbonyl (C=O) groups excluding carboxylic acids is 2. The van der Waals surface area contributed by atoms with Crippen molar-refractivity contribution in [1.29, 1.82) is 0 Å². The summed E-state index contributed by atoms with van der Waals surface area (Å²) in [6.45, 7) is -0.0443. The van der Waals surface area contributed by atoms with Gasteiger partial charge in [-0.3, -0.25) is 9.59 Å². The van der Waals surface area contributed by atoms with Crippen LogP contribution in [0.15, 0.2) is 48.7 Å². The molecule has 0 unspecified atom stereocenters. The minimum Gasteiger partial charge on any atom is -0.478 e. The van der Waals surface area contributed by atoms with Crippen LogP contribution in [-0.2, 0) is 13.0 Å². The Balaban J connectivity index is 1.41. The number of nitrogens with one attached hydrogen (secondary N) is 2. The lowest BCUT2D eigenvalue weighted by Gasteiger charge is -2.18. The molecule has 4 N–H and O–H groups in total. The molecule has 194 valence electrons. The zero-order valence-corrected chi connectivity index (χ0v) is 20.0. The van der Waals surface area contributed by atoms with Crippen LogP contribution in [0.2, 0.25) is 5.02 Å². The van der Waals surface area contributed by atoms with Crippen LogP contribution in [0.1, 0.15) is 54.1 Å². The minimum atomic E-state index is -1.12. The molecular weight excluding hydrogens is 524 g/mol. The van der Waals surface area contributed by atoms with Gasteiger partial charge in [0.25, 0.3) is 11.8 Å². The molecule has 5 rings (SSSR count). The molecule has 38 heavy (non-hydrogen) atoms. The quantitative estimate of drug-likeness (QED) is 0.293. The molecule has 0 spiro atoms. The number of aliphatic hydroxyl groups is 1. The van der Waals surface area contributed by atoms with E-state index in [2.05, 4.69) is 20.7 Å². The molecule has 2 amide bonds. The van der Waals surface area contributed by atoms with Gasteiger partial charge in [-0.2, -0.15) is 5.10 Å². The highest BCUT2D eigenvalue weighted by Gasteiger charge is 2.33. The van der Waals surface area contributed by atoms with Crippen molar-refractivity contribution >= 4 is 35.0 Å².